The van der Waals surface area contributed by atoms with Crippen molar-refractivity contribution < 1.29 is 22.3 Å². The number of halogens is 1. The van der Waals surface area contributed by atoms with Gasteiger partial charge in [0.05, 0.1) is 51.2 Å². The van der Waals surface area contributed by atoms with E-state index in [0.717, 1.165) is 24.1 Å². The van der Waals surface area contributed by atoms with Gasteiger partial charge in [-0.25, -0.2) is 22.6 Å². The van der Waals surface area contributed by atoms with Gasteiger partial charge in [-0.1, -0.05) is 43.3 Å². The Kier molecular flexibility index (Phi) is 7.50. The van der Waals surface area contributed by atoms with Gasteiger partial charge in [-0.3, -0.25) is 9.82 Å². The van der Waals surface area contributed by atoms with Gasteiger partial charge in [0.1, 0.15) is 5.82 Å². The molecule has 0 unspecified atom stereocenters. The Labute approximate surface area is 235 Å². The van der Waals surface area contributed by atoms with Gasteiger partial charge in [-0.05, 0) is 55.3 Å². The summed E-state index contributed by atoms with van der Waals surface area (Å²) in [7, 11) is -4.17. The zero-order chi connectivity index (χ0) is 29.1. The summed E-state index contributed by atoms with van der Waals surface area (Å²) in [6.07, 6.45) is 0.893. The number of aromatic nitrogens is 3. The van der Waals surface area contributed by atoms with Crippen LogP contribution in [0.4, 0.5) is 10.1 Å². The minimum absolute atomic E-state index is 0.109. The average molecular weight is 570 g/mol. The second kappa shape index (κ2) is 11.2. The Morgan fingerprint density at radius 1 is 1.02 bits per heavy atom. The number of hydrogen-bond donors (Lipinski definition) is 2. The molecule has 0 bridgehead atoms. The number of benzene rings is 3. The summed E-state index contributed by atoms with van der Waals surface area (Å²) in [5.41, 5.74) is 3.87. The highest BCUT2D eigenvalue weighted by molar-refractivity contribution is 7.92. The molecule has 0 aliphatic heterocycles. The fourth-order valence-electron chi connectivity index (χ4n) is 4.34. The molecule has 0 atom stereocenters. The third-order valence-electron chi connectivity index (χ3n) is 6.47. The highest BCUT2D eigenvalue weighted by Crippen LogP contribution is 2.32. The first kappa shape index (κ1) is 27.5. The standard InChI is InChI=1S/C30H24FN5O4S/c1-3-18-5-8-21(9-6-18)28-27-23(30(37)40-4-2)16-25(33-29(27)35-34-28)20-10-12-22(13-11-20)41(38,39)36-26-15-19(17-32)7-14-24(26)31/h5-16,36H,3-4H2,1-2H3,(H,33,34,35). The molecule has 5 rings (SSSR count). The summed E-state index contributed by atoms with van der Waals surface area (Å²) in [6.45, 7) is 3.96. The van der Waals surface area contributed by atoms with Crippen LogP contribution in [0.3, 0.4) is 0 Å². The van der Waals surface area contributed by atoms with Gasteiger partial charge in [-0.2, -0.15) is 10.4 Å². The fraction of sp³-hybridized carbons (Fsp3) is 0.133. The van der Waals surface area contributed by atoms with Crippen LogP contribution in [0, 0.1) is 17.1 Å². The van der Waals surface area contributed by atoms with Gasteiger partial charge in [0.25, 0.3) is 10.0 Å². The molecule has 0 aliphatic rings. The van der Waals surface area contributed by atoms with Crippen molar-refractivity contribution in [1.29, 1.82) is 5.26 Å². The second-order valence-corrected chi connectivity index (χ2v) is 10.7. The average Bonchev–Trinajstić information content (AvgIpc) is 3.42. The monoisotopic (exact) mass is 569 g/mol. The summed E-state index contributed by atoms with van der Waals surface area (Å²) in [5, 5.41) is 16.9. The minimum Gasteiger partial charge on any atom is -0.462 e. The summed E-state index contributed by atoms with van der Waals surface area (Å²) in [5.74, 6) is -1.35. The van der Waals surface area contributed by atoms with Crippen molar-refractivity contribution in [2.75, 3.05) is 11.3 Å². The number of rotatable bonds is 8. The molecule has 0 saturated heterocycles. The number of aryl methyl sites for hydroxylation is 1. The van der Waals surface area contributed by atoms with Crippen molar-refractivity contribution in [2.45, 2.75) is 25.2 Å². The summed E-state index contributed by atoms with van der Waals surface area (Å²) >= 11 is 0. The number of H-pyrrole nitrogens is 1. The molecule has 0 aliphatic carbocycles. The lowest BCUT2D eigenvalue weighted by Crippen LogP contribution is -2.14. The summed E-state index contributed by atoms with van der Waals surface area (Å²) in [6, 6.07) is 20.5. The first-order valence-electron chi connectivity index (χ1n) is 12.7. The molecule has 2 N–H and O–H groups in total. The number of carbonyl (C=O) groups excluding carboxylic acids is 1. The van der Waals surface area contributed by atoms with E-state index in [2.05, 4.69) is 26.8 Å². The number of fused-ring (bicyclic) bond motifs is 1. The third kappa shape index (κ3) is 5.50. The number of anilines is 1. The van der Waals surface area contributed by atoms with E-state index in [4.69, 9.17) is 10.00 Å². The molecule has 0 fully saturated rings. The highest BCUT2D eigenvalue weighted by Gasteiger charge is 2.22. The molecule has 9 nitrogen and oxygen atoms in total. The van der Waals surface area contributed by atoms with Gasteiger partial charge in [0.15, 0.2) is 5.65 Å². The molecular formula is C30H24FN5O4S. The molecule has 5 aromatic rings. The molecule has 2 aromatic heterocycles. The highest BCUT2D eigenvalue weighted by atomic mass is 32.2. The van der Waals surface area contributed by atoms with Gasteiger partial charge in [0, 0.05) is 11.1 Å². The van der Waals surface area contributed by atoms with E-state index in [1.54, 1.807) is 13.0 Å². The quantitative estimate of drug-likeness (QED) is 0.224. The Morgan fingerprint density at radius 2 is 1.73 bits per heavy atom. The van der Waals surface area contributed by atoms with Gasteiger partial charge < -0.3 is 4.74 Å². The Hall–Kier alpha value is -5.08. The maximum Gasteiger partial charge on any atom is 0.339 e. The third-order valence-corrected chi connectivity index (χ3v) is 7.85. The Balaban J connectivity index is 1.52. The number of pyridine rings is 1. The number of nitriles is 1. The largest absolute Gasteiger partial charge is 0.462 e. The van der Waals surface area contributed by atoms with Crippen molar-refractivity contribution in [2.24, 2.45) is 0 Å². The van der Waals surface area contributed by atoms with E-state index < -0.39 is 21.8 Å². The van der Waals surface area contributed by atoms with Gasteiger partial charge >= 0.3 is 5.97 Å². The van der Waals surface area contributed by atoms with E-state index in [-0.39, 0.29) is 28.3 Å². The van der Waals surface area contributed by atoms with Crippen molar-refractivity contribution in [3.05, 3.63) is 95.3 Å². The molecule has 0 radical (unpaired) electrons. The van der Waals surface area contributed by atoms with E-state index in [1.807, 2.05) is 30.3 Å². The molecule has 206 valence electrons. The number of aromatic amines is 1. The van der Waals surface area contributed by atoms with Crippen molar-refractivity contribution in [1.82, 2.24) is 15.2 Å². The van der Waals surface area contributed by atoms with Crippen LogP contribution >= 0.6 is 0 Å². The summed E-state index contributed by atoms with van der Waals surface area (Å²) in [4.78, 5) is 17.5. The SMILES string of the molecule is CCOC(=O)c1cc(-c2ccc(S(=O)(=O)Nc3cc(C#N)ccc3F)cc2)nc2n[nH]c(-c3ccc(CC)cc3)c12. The zero-order valence-corrected chi connectivity index (χ0v) is 22.9. The zero-order valence-electron chi connectivity index (χ0n) is 22.1. The lowest BCUT2D eigenvalue weighted by Gasteiger charge is -2.11. The Bertz CT molecular complexity index is 1910. The molecule has 0 saturated carbocycles. The van der Waals surface area contributed by atoms with Crippen LogP contribution in [0.5, 0.6) is 0 Å². The lowest BCUT2D eigenvalue weighted by molar-refractivity contribution is 0.0528. The number of esters is 1. The predicted molar refractivity (Wildman–Crippen MR) is 152 cm³/mol. The molecule has 3 aromatic carbocycles. The predicted octanol–water partition coefficient (Wildman–Crippen LogP) is 5.84. The van der Waals surface area contributed by atoms with Gasteiger partial charge in [-0.15, -0.1) is 0 Å². The van der Waals surface area contributed by atoms with Crippen LogP contribution in [0.15, 0.2) is 77.7 Å². The smallest absolute Gasteiger partial charge is 0.339 e. The van der Waals surface area contributed by atoms with Crippen molar-refractivity contribution in [3.63, 3.8) is 0 Å². The minimum atomic E-state index is -4.17. The van der Waals surface area contributed by atoms with E-state index in [1.165, 1.54) is 35.9 Å². The Morgan fingerprint density at radius 3 is 2.39 bits per heavy atom. The van der Waals surface area contributed by atoms with Crippen LogP contribution < -0.4 is 4.72 Å². The first-order chi connectivity index (χ1) is 19.7. The number of ether oxygens (including phenoxy) is 1. The van der Waals surface area contributed by atoms with Crippen LogP contribution in [0.1, 0.15) is 35.3 Å². The number of nitrogens with one attached hydrogen (secondary N) is 2. The van der Waals surface area contributed by atoms with E-state index in [0.29, 0.717) is 28.0 Å². The van der Waals surface area contributed by atoms with Crippen molar-refractivity contribution in [3.8, 4) is 28.6 Å². The van der Waals surface area contributed by atoms with E-state index in [9.17, 15) is 17.6 Å². The van der Waals surface area contributed by atoms with E-state index >= 15 is 0 Å². The van der Waals surface area contributed by atoms with Crippen LogP contribution in [0.2, 0.25) is 0 Å². The molecule has 41 heavy (non-hydrogen) atoms. The first-order valence-corrected chi connectivity index (χ1v) is 14.2. The lowest BCUT2D eigenvalue weighted by atomic mass is 10.0. The molecule has 0 spiro atoms. The topological polar surface area (TPSA) is 138 Å². The number of carbonyl (C=O) groups is 1. The van der Waals surface area contributed by atoms with Gasteiger partial charge in [0.2, 0.25) is 0 Å². The molecular weight excluding hydrogens is 545 g/mol. The number of sulfonamides is 1. The molecule has 0 amide bonds. The maximum absolute atomic E-state index is 14.2. The fourth-order valence-corrected chi connectivity index (χ4v) is 5.40. The normalized spacial score (nSPS) is 11.3. The number of nitrogens with zero attached hydrogens (tertiary/aromatic N) is 3. The summed E-state index contributed by atoms with van der Waals surface area (Å²) < 4.78 is 47.5. The molecule has 11 heteroatoms. The second-order valence-electron chi connectivity index (χ2n) is 9.06. The van der Waals surface area contributed by atoms with Crippen LogP contribution in [0.25, 0.3) is 33.5 Å². The molecule has 2 heterocycles. The number of hydrogen-bond acceptors (Lipinski definition) is 7. The van der Waals surface area contributed by atoms with Crippen LogP contribution in [-0.2, 0) is 21.2 Å². The van der Waals surface area contributed by atoms with Crippen molar-refractivity contribution >= 4 is 32.7 Å². The maximum atomic E-state index is 14.2. The van der Waals surface area contributed by atoms with Crippen LogP contribution in [-0.4, -0.2) is 36.2 Å².